The molecule has 2 atom stereocenters. The Hall–Kier alpha value is 0.200. The monoisotopic (exact) mass is 251 g/mol. The topological polar surface area (TPSA) is 37.4 Å². The van der Waals surface area contributed by atoms with E-state index in [0.29, 0.717) is 11.8 Å². The molecule has 1 heterocycles. The van der Waals surface area contributed by atoms with E-state index in [2.05, 4.69) is 0 Å². The van der Waals surface area contributed by atoms with Crippen LogP contribution in [0.4, 0.5) is 0 Å². The molecule has 2 fully saturated rings. The fourth-order valence-corrected chi connectivity index (χ4v) is 4.75. The van der Waals surface area contributed by atoms with Gasteiger partial charge in [-0.05, 0) is 31.1 Å². The van der Waals surface area contributed by atoms with Crippen molar-refractivity contribution in [2.24, 2.45) is 11.8 Å². The van der Waals surface area contributed by atoms with E-state index in [-0.39, 0.29) is 11.6 Å². The second-order valence-corrected chi connectivity index (χ2v) is 7.19. The highest BCUT2D eigenvalue weighted by Crippen LogP contribution is 2.35. The van der Waals surface area contributed by atoms with Crippen molar-refractivity contribution in [2.45, 2.75) is 25.7 Å². The minimum Gasteiger partial charge on any atom is -0.212 e. The van der Waals surface area contributed by atoms with Crippen LogP contribution < -0.4 is 0 Å². The second kappa shape index (κ2) is 4.60. The molecule has 3 nitrogen and oxygen atoms in total. The summed E-state index contributed by atoms with van der Waals surface area (Å²) in [7, 11) is -3.07. The molecule has 1 saturated heterocycles. The van der Waals surface area contributed by atoms with Crippen molar-refractivity contribution >= 4 is 21.6 Å². The van der Waals surface area contributed by atoms with Crippen molar-refractivity contribution in [3.8, 4) is 0 Å². The average molecular weight is 252 g/mol. The maximum Gasteiger partial charge on any atom is 0.215 e. The van der Waals surface area contributed by atoms with Gasteiger partial charge in [-0.1, -0.05) is 6.42 Å². The summed E-state index contributed by atoms with van der Waals surface area (Å²) < 4.78 is 25.4. The van der Waals surface area contributed by atoms with Crippen molar-refractivity contribution in [2.75, 3.05) is 24.7 Å². The second-order valence-electron chi connectivity index (χ2n) is 4.72. The number of piperidine rings is 1. The Balaban J connectivity index is 2.05. The molecule has 0 aromatic heterocycles. The van der Waals surface area contributed by atoms with E-state index in [1.807, 2.05) is 0 Å². The quantitative estimate of drug-likeness (QED) is 0.716. The number of sulfonamides is 1. The SMILES string of the molecule is O=S(=O)(CCCl)N1CC2CCCC(C2)C1. The molecule has 2 rings (SSSR count). The molecule has 15 heavy (non-hydrogen) atoms. The van der Waals surface area contributed by atoms with Gasteiger partial charge in [0.1, 0.15) is 0 Å². The van der Waals surface area contributed by atoms with Crippen LogP contribution in [0.15, 0.2) is 0 Å². The van der Waals surface area contributed by atoms with Gasteiger partial charge < -0.3 is 0 Å². The summed E-state index contributed by atoms with van der Waals surface area (Å²) >= 11 is 5.52. The smallest absolute Gasteiger partial charge is 0.212 e. The lowest BCUT2D eigenvalue weighted by Crippen LogP contribution is -2.46. The van der Waals surface area contributed by atoms with Gasteiger partial charge >= 0.3 is 0 Å². The zero-order chi connectivity index (χ0) is 10.9. The Morgan fingerprint density at radius 2 is 1.80 bits per heavy atom. The Labute approximate surface area is 96.8 Å². The molecule has 0 aromatic carbocycles. The van der Waals surface area contributed by atoms with Crippen molar-refractivity contribution in [3.63, 3.8) is 0 Å². The number of hydrogen-bond acceptors (Lipinski definition) is 2. The van der Waals surface area contributed by atoms with Gasteiger partial charge in [0.25, 0.3) is 0 Å². The minimum atomic E-state index is -3.07. The molecule has 1 saturated carbocycles. The summed E-state index contributed by atoms with van der Waals surface area (Å²) in [4.78, 5) is 0. The number of alkyl halides is 1. The Kier molecular flexibility index (Phi) is 3.58. The number of hydrogen-bond donors (Lipinski definition) is 0. The molecule has 0 radical (unpaired) electrons. The first-order valence-corrected chi connectivity index (χ1v) is 7.80. The third-order valence-electron chi connectivity index (χ3n) is 3.54. The molecule has 2 unspecified atom stereocenters. The lowest BCUT2D eigenvalue weighted by atomic mass is 9.79. The highest BCUT2D eigenvalue weighted by molar-refractivity contribution is 7.89. The molecule has 0 amide bonds. The summed E-state index contributed by atoms with van der Waals surface area (Å²) in [5, 5.41) is 0. The van der Waals surface area contributed by atoms with Crippen LogP contribution in [0.3, 0.4) is 0 Å². The van der Waals surface area contributed by atoms with Gasteiger partial charge in [0.2, 0.25) is 10.0 Å². The Morgan fingerprint density at radius 1 is 1.20 bits per heavy atom. The number of fused-ring (bicyclic) bond motifs is 2. The minimum absolute atomic E-state index is 0.0913. The molecule has 0 N–H and O–H groups in total. The molecular weight excluding hydrogens is 234 g/mol. The normalized spacial score (nSPS) is 32.9. The molecule has 2 aliphatic rings. The summed E-state index contributed by atoms with van der Waals surface area (Å²) in [6, 6.07) is 0. The van der Waals surface area contributed by atoms with Crippen molar-refractivity contribution in [1.29, 1.82) is 0 Å². The molecule has 0 spiro atoms. The van der Waals surface area contributed by atoms with E-state index >= 15 is 0 Å². The first-order valence-electron chi connectivity index (χ1n) is 5.65. The van der Waals surface area contributed by atoms with Crippen LogP contribution in [0, 0.1) is 11.8 Å². The van der Waals surface area contributed by atoms with E-state index in [9.17, 15) is 8.42 Å². The van der Waals surface area contributed by atoms with Crippen LogP contribution in [0.5, 0.6) is 0 Å². The standard InChI is InChI=1S/C10H18ClNO2S/c11-4-5-15(13,14)12-7-9-2-1-3-10(6-9)8-12/h9-10H,1-8H2. The maximum atomic E-state index is 11.9. The maximum absolute atomic E-state index is 11.9. The van der Waals surface area contributed by atoms with Crippen LogP contribution >= 0.6 is 11.6 Å². The highest BCUT2D eigenvalue weighted by atomic mass is 35.5. The number of rotatable bonds is 3. The van der Waals surface area contributed by atoms with E-state index < -0.39 is 10.0 Å². The van der Waals surface area contributed by atoms with Crippen LogP contribution in [0.25, 0.3) is 0 Å². The van der Waals surface area contributed by atoms with Gasteiger partial charge in [0.05, 0.1) is 5.75 Å². The average Bonchev–Trinajstić information content (AvgIpc) is 2.17. The van der Waals surface area contributed by atoms with Crippen molar-refractivity contribution in [3.05, 3.63) is 0 Å². The Bertz CT molecular complexity index is 305. The van der Waals surface area contributed by atoms with Crippen molar-refractivity contribution in [1.82, 2.24) is 4.31 Å². The van der Waals surface area contributed by atoms with Crippen LogP contribution in [0.2, 0.25) is 0 Å². The Morgan fingerprint density at radius 3 is 2.33 bits per heavy atom. The van der Waals surface area contributed by atoms with Gasteiger partial charge in [0, 0.05) is 19.0 Å². The molecule has 1 aliphatic carbocycles. The predicted molar refractivity (Wildman–Crippen MR) is 61.5 cm³/mol. The lowest BCUT2D eigenvalue weighted by Gasteiger charge is -2.40. The van der Waals surface area contributed by atoms with Crippen LogP contribution in [0.1, 0.15) is 25.7 Å². The van der Waals surface area contributed by atoms with E-state index in [4.69, 9.17) is 11.6 Å². The fourth-order valence-electron chi connectivity index (χ4n) is 2.84. The third kappa shape index (κ3) is 2.66. The van der Waals surface area contributed by atoms with E-state index in [1.54, 1.807) is 4.31 Å². The molecular formula is C10H18ClNO2S. The first-order chi connectivity index (χ1) is 7.12. The molecule has 2 bridgehead atoms. The van der Waals surface area contributed by atoms with E-state index in [0.717, 1.165) is 13.1 Å². The van der Waals surface area contributed by atoms with Crippen LogP contribution in [-0.2, 0) is 10.0 Å². The molecule has 1 aliphatic heterocycles. The summed E-state index contributed by atoms with van der Waals surface area (Å²) in [6.07, 6.45) is 4.90. The largest absolute Gasteiger partial charge is 0.215 e. The zero-order valence-corrected chi connectivity index (χ0v) is 10.4. The predicted octanol–water partition coefficient (Wildman–Crippen LogP) is 1.68. The van der Waals surface area contributed by atoms with Gasteiger partial charge in [-0.15, -0.1) is 11.6 Å². The first kappa shape index (κ1) is 11.7. The lowest BCUT2D eigenvalue weighted by molar-refractivity contribution is 0.144. The third-order valence-corrected chi connectivity index (χ3v) is 5.76. The summed E-state index contributed by atoms with van der Waals surface area (Å²) in [5.41, 5.74) is 0. The summed E-state index contributed by atoms with van der Waals surface area (Å²) in [5.74, 6) is 1.49. The van der Waals surface area contributed by atoms with Gasteiger partial charge in [-0.3, -0.25) is 0 Å². The van der Waals surface area contributed by atoms with Crippen LogP contribution in [-0.4, -0.2) is 37.4 Å². The van der Waals surface area contributed by atoms with Gasteiger partial charge in [-0.25, -0.2) is 12.7 Å². The number of halogens is 1. The number of nitrogens with zero attached hydrogens (tertiary/aromatic N) is 1. The molecule has 5 heteroatoms. The molecule has 0 aromatic rings. The van der Waals surface area contributed by atoms with E-state index in [1.165, 1.54) is 25.7 Å². The summed E-state index contributed by atoms with van der Waals surface area (Å²) in [6.45, 7) is 1.46. The zero-order valence-electron chi connectivity index (χ0n) is 8.86. The molecule has 88 valence electrons. The fraction of sp³-hybridized carbons (Fsp3) is 1.00. The van der Waals surface area contributed by atoms with Crippen molar-refractivity contribution < 1.29 is 8.42 Å². The van der Waals surface area contributed by atoms with Gasteiger partial charge in [0.15, 0.2) is 0 Å². The highest BCUT2D eigenvalue weighted by Gasteiger charge is 2.35. The van der Waals surface area contributed by atoms with Gasteiger partial charge in [-0.2, -0.15) is 0 Å².